The fraction of sp³-hybridized carbons (Fsp3) is 0.200. The van der Waals surface area contributed by atoms with Gasteiger partial charge in [0.05, 0.1) is 5.97 Å². The van der Waals surface area contributed by atoms with Crippen LogP contribution >= 0.6 is 27.5 Å². The summed E-state index contributed by atoms with van der Waals surface area (Å²) in [6.07, 6.45) is -1.84. The average Bonchev–Trinajstić information content (AvgIpc) is 3.28. The van der Waals surface area contributed by atoms with Crippen LogP contribution in [0, 0.1) is 0 Å². The van der Waals surface area contributed by atoms with Crippen molar-refractivity contribution in [3.8, 4) is 5.75 Å². The fourth-order valence-electron chi connectivity index (χ4n) is 3.98. The summed E-state index contributed by atoms with van der Waals surface area (Å²) in [5.74, 6) is -1.32. The van der Waals surface area contributed by atoms with Gasteiger partial charge >= 0.3 is 6.18 Å². The smallest absolute Gasteiger partial charge is 0.433 e. The zero-order chi connectivity index (χ0) is 24.5. The van der Waals surface area contributed by atoms with Crippen molar-refractivity contribution in [1.82, 2.24) is 4.98 Å². The molecule has 0 bridgehead atoms. The second-order valence-electron chi connectivity index (χ2n) is 7.77. The number of nitrogens with zero attached hydrogens (tertiary/aromatic N) is 1. The molecule has 0 atom stereocenters. The van der Waals surface area contributed by atoms with E-state index in [0.717, 1.165) is 45.4 Å². The summed E-state index contributed by atoms with van der Waals surface area (Å²) >= 11 is 9.41. The number of aromatic nitrogens is 1. The van der Waals surface area contributed by atoms with E-state index in [1.165, 1.54) is 0 Å². The molecule has 1 aromatic heterocycles. The minimum atomic E-state index is -4.90. The molecule has 0 unspecified atom stereocenters. The number of ether oxygens (including phenoxy) is 1. The second kappa shape index (κ2) is 9.80. The third-order valence-corrected chi connectivity index (χ3v) is 6.26. The van der Waals surface area contributed by atoms with Crippen molar-refractivity contribution in [1.29, 1.82) is 0 Å². The van der Waals surface area contributed by atoms with Crippen molar-refractivity contribution in [2.75, 3.05) is 0 Å². The van der Waals surface area contributed by atoms with Crippen LogP contribution in [-0.2, 0) is 12.8 Å². The number of carboxylic acid groups (broad SMARTS) is 1. The Kier molecular flexibility index (Phi) is 7.00. The Labute approximate surface area is 207 Å². The molecule has 2 aromatic carbocycles. The highest BCUT2D eigenvalue weighted by atomic mass is 79.9. The first-order valence-corrected chi connectivity index (χ1v) is 11.5. The standard InChI is InChI=1S/C25H18BrClF3NO3/c26-16-6-9-22(34-13-14-4-7-17(27)8-5-14)20(11-16)19-3-1-2-18(19)15-10-21(24(32)33)23(31-12-15)25(28,29)30/h4-12H,1-3,13H2,(H,32,33)/p-1. The van der Waals surface area contributed by atoms with Gasteiger partial charge in [0.2, 0.25) is 0 Å². The SMILES string of the molecule is O=C([O-])c1cc(C2=C(c3cc(Br)ccc3OCc3ccc(Cl)cc3)CCC2)cnc1C(F)(F)F. The van der Waals surface area contributed by atoms with Gasteiger partial charge in [0.1, 0.15) is 12.4 Å². The summed E-state index contributed by atoms with van der Waals surface area (Å²) in [5, 5.41) is 12.0. The van der Waals surface area contributed by atoms with E-state index < -0.39 is 23.4 Å². The van der Waals surface area contributed by atoms with Crippen LogP contribution in [0.5, 0.6) is 5.75 Å². The summed E-state index contributed by atoms with van der Waals surface area (Å²) in [6.45, 7) is 0.297. The van der Waals surface area contributed by atoms with Gasteiger partial charge in [-0.1, -0.05) is 39.7 Å². The third kappa shape index (κ3) is 5.28. The van der Waals surface area contributed by atoms with Crippen molar-refractivity contribution in [3.05, 3.63) is 92.2 Å². The monoisotopic (exact) mass is 550 g/mol. The van der Waals surface area contributed by atoms with Crippen LogP contribution < -0.4 is 9.84 Å². The molecule has 0 N–H and O–H groups in total. The number of hydrogen-bond donors (Lipinski definition) is 0. The van der Waals surface area contributed by atoms with Gasteiger partial charge in [-0.05, 0) is 77.9 Å². The number of pyridine rings is 1. The summed E-state index contributed by atoms with van der Waals surface area (Å²) < 4.78 is 46.5. The maximum absolute atomic E-state index is 13.2. The van der Waals surface area contributed by atoms with Crippen molar-refractivity contribution < 1.29 is 27.8 Å². The van der Waals surface area contributed by atoms with Crippen LogP contribution in [0.25, 0.3) is 11.1 Å². The van der Waals surface area contributed by atoms with E-state index in [-0.39, 0.29) is 0 Å². The molecule has 0 fully saturated rings. The molecule has 34 heavy (non-hydrogen) atoms. The van der Waals surface area contributed by atoms with Gasteiger partial charge < -0.3 is 14.6 Å². The molecule has 176 valence electrons. The lowest BCUT2D eigenvalue weighted by molar-refractivity contribution is -0.255. The number of benzene rings is 2. The lowest BCUT2D eigenvalue weighted by Gasteiger charge is -2.17. The molecule has 1 aliphatic carbocycles. The molecule has 0 amide bonds. The Bertz CT molecular complexity index is 1270. The Morgan fingerprint density at radius 1 is 1.09 bits per heavy atom. The molecule has 0 radical (unpaired) electrons. The van der Waals surface area contributed by atoms with E-state index in [0.29, 0.717) is 35.8 Å². The summed E-state index contributed by atoms with van der Waals surface area (Å²) in [7, 11) is 0. The molecule has 1 aliphatic rings. The highest BCUT2D eigenvalue weighted by molar-refractivity contribution is 9.10. The fourth-order valence-corrected chi connectivity index (χ4v) is 4.46. The molecule has 4 rings (SSSR count). The van der Waals surface area contributed by atoms with Gasteiger partial charge in [0.25, 0.3) is 0 Å². The summed E-state index contributed by atoms with van der Waals surface area (Å²) in [5.41, 5.74) is 1.19. The maximum Gasteiger partial charge on any atom is 0.433 e. The number of alkyl halides is 3. The largest absolute Gasteiger partial charge is 0.545 e. The number of halogens is 5. The van der Waals surface area contributed by atoms with Gasteiger partial charge in [-0.15, -0.1) is 0 Å². The normalized spacial score (nSPS) is 13.9. The van der Waals surface area contributed by atoms with Crippen molar-refractivity contribution in [3.63, 3.8) is 0 Å². The number of rotatable bonds is 6. The molecule has 0 aliphatic heterocycles. The van der Waals surface area contributed by atoms with Crippen LogP contribution in [0.1, 0.15) is 52.0 Å². The highest BCUT2D eigenvalue weighted by Crippen LogP contribution is 2.44. The molecular weight excluding hydrogens is 535 g/mol. The average molecular weight is 552 g/mol. The zero-order valence-electron chi connectivity index (χ0n) is 17.6. The van der Waals surface area contributed by atoms with Gasteiger partial charge in [-0.3, -0.25) is 4.98 Å². The topological polar surface area (TPSA) is 62.2 Å². The van der Waals surface area contributed by atoms with Crippen LogP contribution in [0.15, 0.2) is 59.2 Å². The number of carbonyl (C=O) groups is 1. The molecule has 1 heterocycles. The van der Waals surface area contributed by atoms with Crippen molar-refractivity contribution in [2.24, 2.45) is 0 Å². The second-order valence-corrected chi connectivity index (χ2v) is 9.12. The van der Waals surface area contributed by atoms with E-state index >= 15 is 0 Å². The van der Waals surface area contributed by atoms with E-state index in [2.05, 4.69) is 20.9 Å². The van der Waals surface area contributed by atoms with E-state index in [9.17, 15) is 23.1 Å². The minimum Gasteiger partial charge on any atom is -0.545 e. The lowest BCUT2D eigenvalue weighted by Crippen LogP contribution is -2.27. The van der Waals surface area contributed by atoms with Gasteiger partial charge in [-0.25, -0.2) is 0 Å². The molecule has 0 spiro atoms. The number of hydrogen-bond acceptors (Lipinski definition) is 4. The van der Waals surface area contributed by atoms with Crippen molar-refractivity contribution in [2.45, 2.75) is 32.0 Å². The minimum absolute atomic E-state index is 0.297. The Balaban J connectivity index is 1.74. The molecule has 3 aromatic rings. The number of carboxylic acids is 1. The number of aromatic carboxylic acids is 1. The first-order valence-electron chi connectivity index (χ1n) is 10.3. The molecular formula is C25H17BrClF3NO3-. The summed E-state index contributed by atoms with van der Waals surface area (Å²) in [4.78, 5) is 14.9. The predicted molar refractivity (Wildman–Crippen MR) is 124 cm³/mol. The van der Waals surface area contributed by atoms with Crippen LogP contribution in [0.2, 0.25) is 5.02 Å². The molecule has 0 saturated carbocycles. The molecule has 0 saturated heterocycles. The first kappa shape index (κ1) is 24.3. The highest BCUT2D eigenvalue weighted by Gasteiger charge is 2.36. The zero-order valence-corrected chi connectivity index (χ0v) is 19.9. The Hall–Kier alpha value is -2.84. The van der Waals surface area contributed by atoms with Gasteiger partial charge in [0.15, 0.2) is 5.69 Å². The lowest BCUT2D eigenvalue weighted by atomic mass is 9.96. The molecule has 4 nitrogen and oxygen atoms in total. The number of allylic oxidation sites excluding steroid dienone is 2. The Morgan fingerprint density at radius 3 is 2.47 bits per heavy atom. The van der Waals surface area contributed by atoms with E-state index in [1.807, 2.05) is 30.3 Å². The van der Waals surface area contributed by atoms with Crippen molar-refractivity contribution >= 4 is 44.6 Å². The quantitative estimate of drug-likeness (QED) is 0.348. The van der Waals surface area contributed by atoms with Crippen LogP contribution in [0.4, 0.5) is 13.2 Å². The molecule has 9 heteroatoms. The maximum atomic E-state index is 13.2. The van der Waals surface area contributed by atoms with E-state index in [1.54, 1.807) is 12.1 Å². The van der Waals surface area contributed by atoms with E-state index in [4.69, 9.17) is 16.3 Å². The first-order chi connectivity index (χ1) is 16.1. The van der Waals surface area contributed by atoms with Crippen LogP contribution in [0.3, 0.4) is 0 Å². The van der Waals surface area contributed by atoms with Gasteiger partial charge in [-0.2, -0.15) is 13.2 Å². The predicted octanol–water partition coefficient (Wildman–Crippen LogP) is 6.55. The Morgan fingerprint density at radius 2 is 1.79 bits per heavy atom. The van der Waals surface area contributed by atoms with Crippen LogP contribution in [-0.4, -0.2) is 11.0 Å². The third-order valence-electron chi connectivity index (χ3n) is 5.52. The summed E-state index contributed by atoms with van der Waals surface area (Å²) in [6, 6.07) is 13.8. The van der Waals surface area contributed by atoms with Gasteiger partial charge in [0, 0.05) is 26.8 Å². The number of carbonyl (C=O) groups excluding carboxylic acids is 1.